The van der Waals surface area contributed by atoms with Crippen LogP contribution in [-0.4, -0.2) is 33.2 Å². The molecule has 0 saturated carbocycles. The molecule has 0 unspecified atom stereocenters. The van der Waals surface area contributed by atoms with Crippen molar-refractivity contribution in [3.63, 3.8) is 0 Å². The molecular formula is C22H23NO5. The number of methoxy groups -OCH3 is 3. The normalized spacial score (nSPS) is 14.9. The van der Waals surface area contributed by atoms with Gasteiger partial charge in [-0.3, -0.25) is 0 Å². The van der Waals surface area contributed by atoms with Gasteiger partial charge in [0, 0.05) is 5.56 Å². The average molecular weight is 381 g/mol. The first-order chi connectivity index (χ1) is 13.5. The first-order valence-electron chi connectivity index (χ1n) is 8.89. The topological polar surface area (TPSA) is 66.4 Å². The van der Waals surface area contributed by atoms with Crippen molar-refractivity contribution in [3.05, 3.63) is 58.8 Å². The van der Waals surface area contributed by atoms with Crippen LogP contribution in [0.3, 0.4) is 0 Å². The van der Waals surface area contributed by atoms with Crippen molar-refractivity contribution in [2.75, 3.05) is 21.3 Å². The molecule has 2 aromatic rings. The molecule has 0 atom stereocenters. The van der Waals surface area contributed by atoms with Crippen LogP contribution in [0.15, 0.2) is 47.1 Å². The van der Waals surface area contributed by atoms with E-state index in [-0.39, 0.29) is 11.6 Å². The molecule has 0 bridgehead atoms. The highest BCUT2D eigenvalue weighted by Crippen LogP contribution is 2.39. The Morgan fingerprint density at radius 1 is 0.964 bits per heavy atom. The van der Waals surface area contributed by atoms with E-state index in [1.807, 2.05) is 24.3 Å². The smallest absolute Gasteiger partial charge is 0.363 e. The monoisotopic (exact) mass is 381 g/mol. The van der Waals surface area contributed by atoms with Crippen LogP contribution in [-0.2, 0) is 9.53 Å². The van der Waals surface area contributed by atoms with Gasteiger partial charge in [-0.1, -0.05) is 38.1 Å². The minimum Gasteiger partial charge on any atom is -0.493 e. The van der Waals surface area contributed by atoms with Crippen molar-refractivity contribution in [1.82, 2.24) is 0 Å². The third kappa shape index (κ3) is 3.86. The largest absolute Gasteiger partial charge is 0.493 e. The quantitative estimate of drug-likeness (QED) is 0.555. The molecule has 2 aromatic carbocycles. The molecule has 28 heavy (non-hydrogen) atoms. The van der Waals surface area contributed by atoms with Crippen LogP contribution in [0.2, 0.25) is 0 Å². The number of carbonyl (C=O) groups excluding carboxylic acids is 1. The molecule has 0 aliphatic carbocycles. The second-order valence-corrected chi connectivity index (χ2v) is 6.57. The average Bonchev–Trinajstić information content (AvgIpc) is 3.07. The first kappa shape index (κ1) is 19.5. The number of esters is 1. The fraction of sp³-hybridized carbons (Fsp3) is 0.273. The molecule has 146 valence electrons. The Morgan fingerprint density at radius 2 is 1.57 bits per heavy atom. The van der Waals surface area contributed by atoms with Gasteiger partial charge in [0.25, 0.3) is 0 Å². The molecule has 0 saturated heterocycles. The summed E-state index contributed by atoms with van der Waals surface area (Å²) in [6, 6.07) is 11.4. The minimum absolute atomic E-state index is 0.189. The van der Waals surface area contributed by atoms with Crippen LogP contribution in [0.1, 0.15) is 36.5 Å². The Morgan fingerprint density at radius 3 is 2.07 bits per heavy atom. The second kappa shape index (κ2) is 8.17. The van der Waals surface area contributed by atoms with Gasteiger partial charge >= 0.3 is 5.97 Å². The number of rotatable bonds is 6. The molecule has 0 spiro atoms. The number of nitrogens with zero attached hydrogens (tertiary/aromatic N) is 1. The molecule has 1 aliphatic heterocycles. The molecule has 1 aliphatic rings. The fourth-order valence-electron chi connectivity index (χ4n) is 2.87. The molecular weight excluding hydrogens is 358 g/mol. The standard InChI is InChI=1S/C22H23NO5/c1-13(2)15-8-6-14(7-9-15)10-17-22(24)28-21(23-17)16-11-18(25-3)20(27-5)19(12-16)26-4/h6-13H,1-5H3/b17-10-. The number of ether oxygens (including phenoxy) is 4. The Balaban J connectivity index is 1.95. The Bertz CT molecular complexity index is 917. The van der Waals surface area contributed by atoms with Crippen LogP contribution in [0.4, 0.5) is 0 Å². The summed E-state index contributed by atoms with van der Waals surface area (Å²) in [7, 11) is 4.57. The summed E-state index contributed by atoms with van der Waals surface area (Å²) >= 11 is 0. The van der Waals surface area contributed by atoms with Crippen LogP contribution in [0, 0.1) is 0 Å². The highest BCUT2D eigenvalue weighted by Gasteiger charge is 2.26. The van der Waals surface area contributed by atoms with Gasteiger partial charge in [0.1, 0.15) is 0 Å². The van der Waals surface area contributed by atoms with Crippen molar-refractivity contribution < 1.29 is 23.7 Å². The molecule has 3 rings (SSSR count). The molecule has 6 nitrogen and oxygen atoms in total. The number of hydrogen-bond acceptors (Lipinski definition) is 6. The third-order valence-corrected chi connectivity index (χ3v) is 4.44. The first-order valence-corrected chi connectivity index (χ1v) is 8.89. The zero-order valence-corrected chi connectivity index (χ0v) is 16.6. The Hall–Kier alpha value is -3.28. The summed E-state index contributed by atoms with van der Waals surface area (Å²) in [5, 5.41) is 0. The van der Waals surface area contributed by atoms with E-state index in [0.717, 1.165) is 5.56 Å². The summed E-state index contributed by atoms with van der Waals surface area (Å²) in [5.41, 5.74) is 2.91. The van der Waals surface area contributed by atoms with Gasteiger partial charge in [0.05, 0.1) is 21.3 Å². The van der Waals surface area contributed by atoms with Gasteiger partial charge in [-0.2, -0.15) is 0 Å². The summed E-state index contributed by atoms with van der Waals surface area (Å²) in [4.78, 5) is 16.6. The fourth-order valence-corrected chi connectivity index (χ4v) is 2.87. The number of carbonyl (C=O) groups is 1. The second-order valence-electron chi connectivity index (χ2n) is 6.57. The van der Waals surface area contributed by atoms with Gasteiger partial charge in [-0.15, -0.1) is 0 Å². The maximum atomic E-state index is 12.3. The zero-order valence-electron chi connectivity index (χ0n) is 16.6. The number of benzene rings is 2. The van der Waals surface area contributed by atoms with Gasteiger partial charge in [0.15, 0.2) is 17.2 Å². The van der Waals surface area contributed by atoms with E-state index >= 15 is 0 Å². The van der Waals surface area contributed by atoms with Crippen molar-refractivity contribution >= 4 is 17.9 Å². The molecule has 0 fully saturated rings. The van der Waals surface area contributed by atoms with E-state index < -0.39 is 5.97 Å². The molecule has 0 radical (unpaired) electrons. The van der Waals surface area contributed by atoms with Gasteiger partial charge in [0.2, 0.25) is 11.6 Å². The number of aliphatic imine (C=N–C) groups is 1. The Kier molecular flexibility index (Phi) is 5.68. The number of cyclic esters (lactones) is 1. The molecule has 6 heteroatoms. The van der Waals surface area contributed by atoms with E-state index in [1.165, 1.54) is 26.9 Å². The molecule has 1 heterocycles. The van der Waals surface area contributed by atoms with Crippen molar-refractivity contribution in [2.24, 2.45) is 4.99 Å². The van der Waals surface area contributed by atoms with Crippen molar-refractivity contribution in [2.45, 2.75) is 19.8 Å². The van der Waals surface area contributed by atoms with Gasteiger partial charge in [-0.05, 0) is 35.3 Å². The minimum atomic E-state index is -0.503. The van der Waals surface area contributed by atoms with Crippen LogP contribution in [0.25, 0.3) is 6.08 Å². The Labute approximate surface area is 164 Å². The summed E-state index contributed by atoms with van der Waals surface area (Å²) in [5.74, 6) is 1.50. The lowest BCUT2D eigenvalue weighted by atomic mass is 10.0. The number of hydrogen-bond donors (Lipinski definition) is 0. The van der Waals surface area contributed by atoms with E-state index in [4.69, 9.17) is 18.9 Å². The SMILES string of the molecule is COc1cc(C2=N/C(=C\c3ccc(C(C)C)cc3)C(=O)O2)cc(OC)c1OC. The predicted molar refractivity (Wildman–Crippen MR) is 107 cm³/mol. The highest BCUT2D eigenvalue weighted by atomic mass is 16.6. The van der Waals surface area contributed by atoms with Gasteiger partial charge in [-0.25, -0.2) is 9.79 Å². The molecule has 0 amide bonds. The van der Waals surface area contributed by atoms with E-state index in [9.17, 15) is 4.79 Å². The lowest BCUT2D eigenvalue weighted by Gasteiger charge is -2.13. The third-order valence-electron chi connectivity index (χ3n) is 4.44. The maximum Gasteiger partial charge on any atom is 0.363 e. The highest BCUT2D eigenvalue weighted by molar-refractivity contribution is 6.13. The zero-order chi connectivity index (χ0) is 20.3. The predicted octanol–water partition coefficient (Wildman–Crippen LogP) is 4.18. The van der Waals surface area contributed by atoms with Crippen LogP contribution >= 0.6 is 0 Å². The van der Waals surface area contributed by atoms with E-state index in [1.54, 1.807) is 18.2 Å². The maximum absolute atomic E-state index is 12.3. The molecule has 0 aromatic heterocycles. The molecule has 0 N–H and O–H groups in total. The lowest BCUT2D eigenvalue weighted by molar-refractivity contribution is -0.129. The summed E-state index contributed by atoms with van der Waals surface area (Å²) in [6.45, 7) is 4.27. The van der Waals surface area contributed by atoms with Crippen LogP contribution in [0.5, 0.6) is 17.2 Å². The van der Waals surface area contributed by atoms with Crippen molar-refractivity contribution in [1.29, 1.82) is 0 Å². The van der Waals surface area contributed by atoms with E-state index in [0.29, 0.717) is 28.7 Å². The van der Waals surface area contributed by atoms with E-state index in [2.05, 4.69) is 18.8 Å². The van der Waals surface area contributed by atoms with Crippen molar-refractivity contribution in [3.8, 4) is 17.2 Å². The van der Waals surface area contributed by atoms with Crippen LogP contribution < -0.4 is 14.2 Å². The summed E-state index contributed by atoms with van der Waals surface area (Å²) < 4.78 is 21.4. The van der Waals surface area contributed by atoms with Gasteiger partial charge < -0.3 is 18.9 Å². The summed E-state index contributed by atoms with van der Waals surface area (Å²) in [6.07, 6.45) is 1.71. The lowest BCUT2D eigenvalue weighted by Crippen LogP contribution is -2.06.